The molecule has 2 N–H and O–H groups in total. The lowest BCUT2D eigenvalue weighted by molar-refractivity contribution is 0.280. The second-order valence-corrected chi connectivity index (χ2v) is 6.13. The summed E-state index contributed by atoms with van der Waals surface area (Å²) in [6, 6.07) is 4.90. The molecule has 0 heterocycles. The van der Waals surface area contributed by atoms with Gasteiger partial charge in [-0.05, 0) is 38.2 Å². The highest BCUT2D eigenvalue weighted by atomic mass is 32.2. The molecule has 0 aliphatic carbocycles. The van der Waals surface area contributed by atoms with Gasteiger partial charge in [-0.1, -0.05) is 12.1 Å². The second-order valence-electron chi connectivity index (χ2n) is 4.40. The zero-order valence-corrected chi connectivity index (χ0v) is 11.8. The van der Waals surface area contributed by atoms with Gasteiger partial charge in [-0.2, -0.15) is 0 Å². The maximum absolute atomic E-state index is 12.1. The van der Waals surface area contributed by atoms with Crippen LogP contribution >= 0.6 is 0 Å². The largest absolute Gasteiger partial charge is 0.392 e. The van der Waals surface area contributed by atoms with E-state index in [2.05, 4.69) is 4.72 Å². The number of likely N-dealkylation sites (N-methyl/N-ethyl adjacent to an activating group) is 1. The van der Waals surface area contributed by atoms with Crippen LogP contribution in [0.1, 0.15) is 11.1 Å². The molecule has 0 aliphatic rings. The highest BCUT2D eigenvalue weighted by molar-refractivity contribution is 7.89. The van der Waals surface area contributed by atoms with Crippen LogP contribution in [0, 0.1) is 6.92 Å². The van der Waals surface area contributed by atoms with Crippen LogP contribution in [0.3, 0.4) is 0 Å². The number of aliphatic hydroxyl groups excluding tert-OH is 1. The number of aliphatic hydroxyl groups is 1. The van der Waals surface area contributed by atoms with Gasteiger partial charge >= 0.3 is 0 Å². The van der Waals surface area contributed by atoms with E-state index < -0.39 is 10.0 Å². The van der Waals surface area contributed by atoms with E-state index in [-0.39, 0.29) is 11.5 Å². The second kappa shape index (κ2) is 6.29. The maximum Gasteiger partial charge on any atom is 0.240 e. The summed E-state index contributed by atoms with van der Waals surface area (Å²) in [6.45, 7) is 2.54. The minimum Gasteiger partial charge on any atom is -0.392 e. The van der Waals surface area contributed by atoms with Crippen molar-refractivity contribution >= 4 is 10.0 Å². The first-order chi connectivity index (χ1) is 8.38. The fraction of sp³-hybridized carbons (Fsp3) is 0.500. The number of benzene rings is 1. The predicted octanol–water partition coefficient (Wildman–Crippen LogP) is 0.327. The highest BCUT2D eigenvalue weighted by Gasteiger charge is 2.17. The van der Waals surface area contributed by atoms with E-state index >= 15 is 0 Å². The zero-order chi connectivity index (χ0) is 13.8. The molecular weight excluding hydrogens is 252 g/mol. The van der Waals surface area contributed by atoms with Crippen LogP contribution in [-0.4, -0.2) is 45.6 Å². The van der Waals surface area contributed by atoms with Crippen molar-refractivity contribution in [2.24, 2.45) is 0 Å². The summed E-state index contributed by atoms with van der Waals surface area (Å²) in [7, 11) is 0.255. The summed E-state index contributed by atoms with van der Waals surface area (Å²) >= 11 is 0. The van der Waals surface area contributed by atoms with Gasteiger partial charge in [-0.3, -0.25) is 0 Å². The molecule has 0 unspecified atom stereocenters. The van der Waals surface area contributed by atoms with E-state index in [0.717, 1.165) is 0 Å². The summed E-state index contributed by atoms with van der Waals surface area (Å²) in [5.74, 6) is 0. The number of nitrogens with zero attached hydrogens (tertiary/aromatic N) is 1. The molecule has 0 atom stereocenters. The topological polar surface area (TPSA) is 69.6 Å². The third-order valence-corrected chi connectivity index (χ3v) is 4.31. The molecule has 1 rings (SSSR count). The third kappa shape index (κ3) is 3.78. The van der Waals surface area contributed by atoms with Crippen LogP contribution in [0.4, 0.5) is 0 Å². The Bertz CT molecular complexity index is 498. The van der Waals surface area contributed by atoms with Gasteiger partial charge in [0.1, 0.15) is 0 Å². The van der Waals surface area contributed by atoms with Gasteiger partial charge in [0.2, 0.25) is 10.0 Å². The van der Waals surface area contributed by atoms with E-state index in [4.69, 9.17) is 5.11 Å². The first-order valence-corrected chi connectivity index (χ1v) is 7.20. The van der Waals surface area contributed by atoms with E-state index in [9.17, 15) is 8.42 Å². The molecule has 6 heteroatoms. The molecule has 102 valence electrons. The Kier molecular flexibility index (Phi) is 5.28. The van der Waals surface area contributed by atoms with Gasteiger partial charge < -0.3 is 10.0 Å². The molecule has 0 spiro atoms. The van der Waals surface area contributed by atoms with Crippen LogP contribution in [0.25, 0.3) is 0 Å². The van der Waals surface area contributed by atoms with E-state index in [1.807, 2.05) is 19.0 Å². The predicted molar refractivity (Wildman–Crippen MR) is 70.8 cm³/mol. The fourth-order valence-electron chi connectivity index (χ4n) is 1.60. The summed E-state index contributed by atoms with van der Waals surface area (Å²) in [4.78, 5) is 2.13. The maximum atomic E-state index is 12.1. The Morgan fingerprint density at radius 3 is 2.56 bits per heavy atom. The van der Waals surface area contributed by atoms with Crippen molar-refractivity contribution in [1.82, 2.24) is 9.62 Å². The Morgan fingerprint density at radius 1 is 1.33 bits per heavy atom. The lowest BCUT2D eigenvalue weighted by Crippen LogP contribution is -2.31. The number of sulfonamides is 1. The molecule has 18 heavy (non-hydrogen) atoms. The van der Waals surface area contributed by atoms with E-state index in [0.29, 0.717) is 24.2 Å². The van der Waals surface area contributed by atoms with Gasteiger partial charge in [0, 0.05) is 13.1 Å². The SMILES string of the molecule is Cc1c(CO)cccc1S(=O)(=O)NCCN(C)C. The average Bonchev–Trinajstić information content (AvgIpc) is 2.28. The molecule has 0 saturated carbocycles. The molecule has 1 aromatic carbocycles. The highest BCUT2D eigenvalue weighted by Crippen LogP contribution is 2.18. The quantitative estimate of drug-likeness (QED) is 0.783. The minimum absolute atomic E-state index is 0.160. The molecule has 5 nitrogen and oxygen atoms in total. The monoisotopic (exact) mass is 272 g/mol. The molecule has 0 aromatic heterocycles. The zero-order valence-electron chi connectivity index (χ0n) is 11.0. The summed E-state index contributed by atoms with van der Waals surface area (Å²) < 4.78 is 26.7. The Hall–Kier alpha value is -0.950. The van der Waals surface area contributed by atoms with Crippen LogP contribution < -0.4 is 4.72 Å². The van der Waals surface area contributed by atoms with Gasteiger partial charge in [0.15, 0.2) is 0 Å². The molecular formula is C12H20N2O3S. The minimum atomic E-state index is -3.51. The first-order valence-electron chi connectivity index (χ1n) is 5.72. The van der Waals surface area contributed by atoms with Crippen LogP contribution in [-0.2, 0) is 16.6 Å². The van der Waals surface area contributed by atoms with Crippen LogP contribution in [0.2, 0.25) is 0 Å². The van der Waals surface area contributed by atoms with Crippen LogP contribution in [0.5, 0.6) is 0 Å². The number of rotatable bonds is 6. The molecule has 0 bridgehead atoms. The smallest absolute Gasteiger partial charge is 0.240 e. The van der Waals surface area contributed by atoms with Gasteiger partial charge in [0.25, 0.3) is 0 Å². The Morgan fingerprint density at radius 2 is 2.00 bits per heavy atom. The first kappa shape index (κ1) is 15.1. The Labute approximate surface area is 108 Å². The molecule has 0 aliphatic heterocycles. The van der Waals surface area contributed by atoms with Gasteiger partial charge in [-0.15, -0.1) is 0 Å². The third-order valence-electron chi connectivity index (χ3n) is 2.71. The Balaban J connectivity index is 2.92. The fourth-order valence-corrected chi connectivity index (χ4v) is 2.91. The standard InChI is InChI=1S/C12H20N2O3S/c1-10-11(9-15)5-4-6-12(10)18(16,17)13-7-8-14(2)3/h4-6,13,15H,7-9H2,1-3H3. The van der Waals surface area contributed by atoms with Crippen molar-refractivity contribution in [3.63, 3.8) is 0 Å². The van der Waals surface area contributed by atoms with Crippen LogP contribution in [0.15, 0.2) is 23.1 Å². The van der Waals surface area contributed by atoms with E-state index in [1.54, 1.807) is 25.1 Å². The van der Waals surface area contributed by atoms with Gasteiger partial charge in [0.05, 0.1) is 11.5 Å². The lowest BCUT2D eigenvalue weighted by Gasteiger charge is -2.13. The normalized spacial score (nSPS) is 12.1. The van der Waals surface area contributed by atoms with Crippen molar-refractivity contribution in [2.45, 2.75) is 18.4 Å². The number of hydrogen-bond acceptors (Lipinski definition) is 4. The molecule has 0 amide bonds. The van der Waals surface area contributed by atoms with E-state index in [1.165, 1.54) is 0 Å². The molecule has 0 fully saturated rings. The van der Waals surface area contributed by atoms with Crippen molar-refractivity contribution < 1.29 is 13.5 Å². The lowest BCUT2D eigenvalue weighted by atomic mass is 10.1. The number of hydrogen-bond donors (Lipinski definition) is 2. The summed E-state index contributed by atoms with van der Waals surface area (Å²) in [6.07, 6.45) is 0. The molecule has 0 saturated heterocycles. The van der Waals surface area contributed by atoms with Crippen molar-refractivity contribution in [3.8, 4) is 0 Å². The average molecular weight is 272 g/mol. The van der Waals surface area contributed by atoms with Gasteiger partial charge in [-0.25, -0.2) is 13.1 Å². The van der Waals surface area contributed by atoms with Crippen molar-refractivity contribution in [3.05, 3.63) is 29.3 Å². The van der Waals surface area contributed by atoms with Crippen molar-refractivity contribution in [1.29, 1.82) is 0 Å². The molecule has 0 radical (unpaired) electrons. The van der Waals surface area contributed by atoms with Crippen molar-refractivity contribution in [2.75, 3.05) is 27.2 Å². The molecule has 1 aromatic rings. The summed E-state index contributed by atoms with van der Waals surface area (Å²) in [5.41, 5.74) is 1.22. The summed E-state index contributed by atoms with van der Waals surface area (Å²) in [5, 5.41) is 9.14. The number of nitrogens with one attached hydrogen (secondary N) is 1.